The van der Waals surface area contributed by atoms with Gasteiger partial charge in [0.15, 0.2) is 0 Å². The number of aliphatic carboxylic acids is 1. The van der Waals surface area contributed by atoms with Crippen molar-refractivity contribution >= 4 is 41.4 Å². The zero-order valence-electron chi connectivity index (χ0n) is 26.6. The number of hydrogen-bond donors (Lipinski definition) is 5. The van der Waals surface area contributed by atoms with Gasteiger partial charge in [0.25, 0.3) is 11.8 Å². The average Bonchev–Trinajstić information content (AvgIpc) is 3.39. The molecule has 0 fully saturated rings. The first-order valence-corrected chi connectivity index (χ1v) is 15.4. The lowest BCUT2D eigenvalue weighted by atomic mass is 10.1. The number of carbonyl (C=O) groups is 7. The number of benzene rings is 1. The maximum atomic E-state index is 12.1. The molecule has 0 spiro atoms. The molecule has 0 radical (unpaired) electrons. The van der Waals surface area contributed by atoms with Gasteiger partial charge in [0.1, 0.15) is 6.04 Å². The molecule has 2 rings (SSSR count). The minimum absolute atomic E-state index is 0.0126. The molecule has 17 heteroatoms. The molecule has 1 aromatic rings. The predicted octanol–water partition coefficient (Wildman–Crippen LogP) is -2.08. The van der Waals surface area contributed by atoms with Crippen LogP contribution in [0.3, 0.4) is 0 Å². The molecule has 1 aromatic carbocycles. The molecule has 1 atom stereocenters. The lowest BCUT2D eigenvalue weighted by Gasteiger charge is -2.15. The van der Waals surface area contributed by atoms with Gasteiger partial charge in [-0.2, -0.15) is 0 Å². The molecule has 0 saturated carbocycles. The fourth-order valence-electron chi connectivity index (χ4n) is 3.95. The number of ether oxygens (including phenoxy) is 4. The van der Waals surface area contributed by atoms with Crippen LogP contribution >= 0.6 is 0 Å². The summed E-state index contributed by atoms with van der Waals surface area (Å²) in [5.41, 5.74) is 0.738. The Morgan fingerprint density at radius 2 is 1.17 bits per heavy atom. The van der Waals surface area contributed by atoms with Crippen molar-refractivity contribution in [1.82, 2.24) is 26.2 Å². The van der Waals surface area contributed by atoms with Gasteiger partial charge in [-0.1, -0.05) is 30.3 Å². The van der Waals surface area contributed by atoms with Crippen LogP contribution in [0, 0.1) is 0 Å². The van der Waals surface area contributed by atoms with Crippen molar-refractivity contribution in [3.05, 3.63) is 48.0 Å². The summed E-state index contributed by atoms with van der Waals surface area (Å²) in [6.07, 6.45) is 2.46. The van der Waals surface area contributed by atoms with Gasteiger partial charge < -0.3 is 45.3 Å². The highest BCUT2D eigenvalue weighted by Crippen LogP contribution is 2.04. The van der Waals surface area contributed by atoms with E-state index in [1.165, 1.54) is 12.2 Å². The molecule has 1 aliphatic rings. The molecule has 48 heavy (non-hydrogen) atoms. The van der Waals surface area contributed by atoms with E-state index in [-0.39, 0.29) is 71.2 Å². The average molecular weight is 678 g/mol. The van der Waals surface area contributed by atoms with Crippen LogP contribution in [0.5, 0.6) is 0 Å². The van der Waals surface area contributed by atoms with Crippen molar-refractivity contribution in [2.75, 3.05) is 79.0 Å². The summed E-state index contributed by atoms with van der Waals surface area (Å²) < 4.78 is 21.4. The predicted molar refractivity (Wildman–Crippen MR) is 167 cm³/mol. The second-order valence-electron chi connectivity index (χ2n) is 10.2. The van der Waals surface area contributed by atoms with Gasteiger partial charge in [-0.05, 0) is 5.56 Å². The molecule has 1 aliphatic heterocycles. The van der Waals surface area contributed by atoms with E-state index < -0.39 is 48.1 Å². The van der Waals surface area contributed by atoms with Gasteiger partial charge >= 0.3 is 5.97 Å². The number of carboxylic acid groups (broad SMARTS) is 1. The highest BCUT2D eigenvalue weighted by atomic mass is 16.6. The fourth-order valence-corrected chi connectivity index (χ4v) is 3.95. The van der Waals surface area contributed by atoms with E-state index >= 15 is 0 Å². The van der Waals surface area contributed by atoms with E-state index in [0.29, 0.717) is 26.4 Å². The first-order chi connectivity index (χ1) is 23.2. The molecule has 1 heterocycles. The molecule has 6 amide bonds. The molecule has 17 nitrogen and oxygen atoms in total. The monoisotopic (exact) mass is 677 g/mol. The molecule has 5 N–H and O–H groups in total. The van der Waals surface area contributed by atoms with Crippen LogP contribution in [0.15, 0.2) is 42.5 Å². The van der Waals surface area contributed by atoms with Crippen molar-refractivity contribution in [2.24, 2.45) is 0 Å². The van der Waals surface area contributed by atoms with Crippen LogP contribution in [0.1, 0.15) is 18.4 Å². The minimum Gasteiger partial charge on any atom is -0.480 e. The summed E-state index contributed by atoms with van der Waals surface area (Å²) in [6.45, 7) is 1.77. The van der Waals surface area contributed by atoms with Gasteiger partial charge in [-0.25, -0.2) is 4.79 Å². The van der Waals surface area contributed by atoms with E-state index in [2.05, 4.69) is 21.3 Å². The van der Waals surface area contributed by atoms with E-state index in [9.17, 15) is 38.7 Å². The molecular weight excluding hydrogens is 634 g/mol. The summed E-state index contributed by atoms with van der Waals surface area (Å²) in [4.78, 5) is 83.0. The first kappa shape index (κ1) is 39.5. The van der Waals surface area contributed by atoms with E-state index in [1.54, 1.807) is 30.3 Å². The van der Waals surface area contributed by atoms with Gasteiger partial charge in [0, 0.05) is 44.5 Å². The quantitative estimate of drug-likeness (QED) is 0.0526. The van der Waals surface area contributed by atoms with Crippen molar-refractivity contribution in [2.45, 2.75) is 25.3 Å². The maximum absolute atomic E-state index is 12.1. The molecule has 0 unspecified atom stereocenters. The molecule has 264 valence electrons. The smallest absolute Gasteiger partial charge is 0.326 e. The minimum atomic E-state index is -1.20. The molecule has 0 saturated heterocycles. The lowest BCUT2D eigenvalue weighted by molar-refractivity contribution is -0.141. The Bertz CT molecular complexity index is 1230. The zero-order chi connectivity index (χ0) is 35.0. The first-order valence-electron chi connectivity index (χ1n) is 15.4. The summed E-state index contributed by atoms with van der Waals surface area (Å²) in [5.74, 6) is -4.04. The molecule has 0 aliphatic carbocycles. The largest absolute Gasteiger partial charge is 0.480 e. The van der Waals surface area contributed by atoms with Crippen LogP contribution in [-0.4, -0.2) is 136 Å². The summed E-state index contributed by atoms with van der Waals surface area (Å²) in [5, 5.41) is 19.1. The van der Waals surface area contributed by atoms with Crippen molar-refractivity contribution in [3.63, 3.8) is 0 Å². The van der Waals surface area contributed by atoms with E-state index in [4.69, 9.17) is 18.9 Å². The second kappa shape index (κ2) is 23.6. The Labute approximate surface area is 277 Å². The van der Waals surface area contributed by atoms with E-state index in [1.807, 2.05) is 0 Å². The number of imide groups is 1. The van der Waals surface area contributed by atoms with Crippen molar-refractivity contribution in [1.29, 1.82) is 0 Å². The van der Waals surface area contributed by atoms with Crippen LogP contribution in [0.2, 0.25) is 0 Å². The summed E-state index contributed by atoms with van der Waals surface area (Å²) >= 11 is 0. The Balaban J connectivity index is 1.34. The van der Waals surface area contributed by atoms with Crippen molar-refractivity contribution in [3.8, 4) is 0 Å². The molecule has 0 bridgehead atoms. The fraction of sp³-hybridized carbons (Fsp3) is 0.516. The zero-order valence-corrected chi connectivity index (χ0v) is 26.6. The maximum Gasteiger partial charge on any atom is 0.326 e. The lowest BCUT2D eigenvalue weighted by Crippen LogP contribution is -2.47. The van der Waals surface area contributed by atoms with Gasteiger partial charge in [0.2, 0.25) is 23.6 Å². The highest BCUT2D eigenvalue weighted by molar-refractivity contribution is 6.13. The van der Waals surface area contributed by atoms with Crippen LogP contribution < -0.4 is 21.3 Å². The van der Waals surface area contributed by atoms with Gasteiger partial charge in [0.05, 0.1) is 65.9 Å². The number of nitrogens with zero attached hydrogens (tertiary/aromatic N) is 1. The van der Waals surface area contributed by atoms with Crippen LogP contribution in [0.4, 0.5) is 0 Å². The SMILES string of the molecule is O=C(CCN1C(=O)C=CC1=O)NCCOCCOCCOCCOCCC(=O)NCC(=O)NCC(=O)N[C@@H](Cc1ccccc1)C(=O)O. The Kier molecular flexibility index (Phi) is 19.4. The Morgan fingerprint density at radius 1 is 0.646 bits per heavy atom. The topological polar surface area (TPSA) is 228 Å². The number of nitrogens with one attached hydrogen (secondary N) is 4. The third-order valence-electron chi connectivity index (χ3n) is 6.43. The standard InChI is InChI=1S/C31H43N5O12/c37-25(8-11-36-29(41)6-7-30(36)42)32-10-13-46-15-17-48-19-18-47-16-14-45-12-9-26(38)33-21-27(39)34-22-28(40)35-24(31(43)44)20-23-4-2-1-3-5-23/h1-7,24H,8-22H2,(H,32,37)(H,33,38)(H,34,39)(H,35,40)(H,43,44)/t24-/m0/s1. The normalized spacial score (nSPS) is 12.9. The summed E-state index contributed by atoms with van der Waals surface area (Å²) in [6, 6.07) is 7.66. The van der Waals surface area contributed by atoms with Gasteiger partial charge in [-0.15, -0.1) is 0 Å². The van der Waals surface area contributed by atoms with Crippen LogP contribution in [-0.2, 0) is 58.9 Å². The van der Waals surface area contributed by atoms with Crippen LogP contribution in [0.25, 0.3) is 0 Å². The Morgan fingerprint density at radius 3 is 1.77 bits per heavy atom. The number of carboxylic acids is 1. The number of hydrogen-bond acceptors (Lipinski definition) is 11. The number of carbonyl (C=O) groups excluding carboxylic acids is 6. The number of amides is 6. The third kappa shape index (κ3) is 17.8. The molecule has 0 aromatic heterocycles. The summed E-state index contributed by atoms with van der Waals surface area (Å²) in [7, 11) is 0. The van der Waals surface area contributed by atoms with E-state index in [0.717, 1.165) is 10.5 Å². The van der Waals surface area contributed by atoms with Crippen molar-refractivity contribution < 1.29 is 57.6 Å². The number of rotatable bonds is 26. The van der Waals surface area contributed by atoms with Gasteiger partial charge in [-0.3, -0.25) is 33.7 Å². The molecular formula is C31H43N5O12. The second-order valence-corrected chi connectivity index (χ2v) is 10.2. The Hall–Kier alpha value is -4.71. The third-order valence-corrected chi connectivity index (χ3v) is 6.43. The highest BCUT2D eigenvalue weighted by Gasteiger charge is 2.23.